The Morgan fingerprint density at radius 3 is 3.04 bits per heavy atom. The molecule has 1 aliphatic rings. The maximum atomic E-state index is 12.5. The molecule has 0 spiro atoms. The lowest BCUT2D eigenvalue weighted by molar-refractivity contribution is -0.121. The minimum atomic E-state index is 0.0670. The van der Waals surface area contributed by atoms with E-state index in [9.17, 15) is 4.79 Å². The molecule has 1 amide bonds. The van der Waals surface area contributed by atoms with Crippen molar-refractivity contribution in [2.45, 2.75) is 51.6 Å². The zero-order valence-electron chi connectivity index (χ0n) is 14.6. The van der Waals surface area contributed by atoms with Crippen LogP contribution in [0.1, 0.15) is 43.4 Å². The molecular weight excluding hydrogens is 314 g/mol. The number of aromatic nitrogens is 4. The monoisotopic (exact) mass is 337 g/mol. The summed E-state index contributed by atoms with van der Waals surface area (Å²) in [6.45, 7) is 5.00. The average molecular weight is 337 g/mol. The first-order valence-corrected chi connectivity index (χ1v) is 8.88. The van der Waals surface area contributed by atoms with Crippen LogP contribution in [0.2, 0.25) is 0 Å². The number of para-hydroxylation sites is 1. The van der Waals surface area contributed by atoms with Gasteiger partial charge in [0.1, 0.15) is 11.6 Å². The van der Waals surface area contributed by atoms with Gasteiger partial charge in [0.2, 0.25) is 5.91 Å². The van der Waals surface area contributed by atoms with Crippen molar-refractivity contribution in [2.24, 2.45) is 0 Å². The highest BCUT2D eigenvalue weighted by molar-refractivity contribution is 5.88. The van der Waals surface area contributed by atoms with Gasteiger partial charge in [0.15, 0.2) is 0 Å². The predicted molar refractivity (Wildman–Crippen MR) is 96.4 cm³/mol. The SMILES string of the molecule is CC(C)c1nnc2n1C[C@H](NC(=O)Cc1c[nH]c3ccccc13)CC2. The fourth-order valence-corrected chi connectivity index (χ4v) is 3.62. The van der Waals surface area contributed by atoms with Crippen molar-refractivity contribution < 1.29 is 4.79 Å². The van der Waals surface area contributed by atoms with E-state index in [0.29, 0.717) is 12.3 Å². The summed E-state index contributed by atoms with van der Waals surface area (Å²) in [5.41, 5.74) is 2.11. The number of aryl methyl sites for hydroxylation is 1. The summed E-state index contributed by atoms with van der Waals surface area (Å²) < 4.78 is 2.17. The first-order valence-electron chi connectivity index (χ1n) is 8.88. The van der Waals surface area contributed by atoms with Crippen molar-refractivity contribution in [1.82, 2.24) is 25.1 Å². The molecule has 25 heavy (non-hydrogen) atoms. The van der Waals surface area contributed by atoms with E-state index in [1.807, 2.05) is 30.5 Å². The Balaban J connectivity index is 1.44. The topological polar surface area (TPSA) is 75.6 Å². The highest BCUT2D eigenvalue weighted by atomic mass is 16.1. The largest absolute Gasteiger partial charge is 0.361 e. The molecule has 3 heterocycles. The van der Waals surface area contributed by atoms with Gasteiger partial charge in [0, 0.05) is 42.0 Å². The average Bonchev–Trinajstić information content (AvgIpc) is 3.19. The van der Waals surface area contributed by atoms with Gasteiger partial charge in [0.05, 0.1) is 6.42 Å². The van der Waals surface area contributed by atoms with Gasteiger partial charge < -0.3 is 14.9 Å². The van der Waals surface area contributed by atoms with E-state index >= 15 is 0 Å². The fraction of sp³-hybridized carbons (Fsp3) is 0.421. The van der Waals surface area contributed by atoms with Gasteiger partial charge >= 0.3 is 0 Å². The molecule has 1 aromatic carbocycles. The third-order valence-corrected chi connectivity index (χ3v) is 4.88. The molecule has 130 valence electrons. The lowest BCUT2D eigenvalue weighted by Gasteiger charge is -2.26. The zero-order chi connectivity index (χ0) is 17.4. The van der Waals surface area contributed by atoms with Crippen molar-refractivity contribution in [3.8, 4) is 0 Å². The van der Waals surface area contributed by atoms with Crippen LogP contribution in [-0.4, -0.2) is 31.7 Å². The van der Waals surface area contributed by atoms with Gasteiger partial charge in [-0.05, 0) is 18.1 Å². The van der Waals surface area contributed by atoms with Crippen molar-refractivity contribution in [3.63, 3.8) is 0 Å². The highest BCUT2D eigenvalue weighted by Gasteiger charge is 2.25. The standard InChI is InChI=1S/C19H23N5O/c1-12(2)19-23-22-17-8-7-14(11-24(17)19)21-18(25)9-13-10-20-16-6-4-3-5-15(13)16/h3-6,10,12,14,20H,7-9,11H2,1-2H3,(H,21,25)/t14-/m1/s1. The number of carbonyl (C=O) groups excluding carboxylic acids is 1. The van der Waals surface area contributed by atoms with Crippen LogP contribution in [0, 0.1) is 0 Å². The Labute approximate surface area is 146 Å². The number of hydrogen-bond donors (Lipinski definition) is 2. The quantitative estimate of drug-likeness (QED) is 0.768. The van der Waals surface area contributed by atoms with Gasteiger partial charge in [-0.25, -0.2) is 0 Å². The Morgan fingerprint density at radius 2 is 2.20 bits per heavy atom. The molecule has 1 aliphatic heterocycles. The van der Waals surface area contributed by atoms with Gasteiger partial charge in [-0.1, -0.05) is 32.0 Å². The highest BCUT2D eigenvalue weighted by Crippen LogP contribution is 2.21. The molecule has 0 saturated heterocycles. The summed E-state index contributed by atoms with van der Waals surface area (Å²) in [5, 5.41) is 12.9. The second kappa shape index (κ2) is 6.35. The first kappa shape index (κ1) is 15.9. The van der Waals surface area contributed by atoms with Crippen LogP contribution in [-0.2, 0) is 24.2 Å². The Kier molecular flexibility index (Phi) is 4.03. The normalized spacial score (nSPS) is 17.0. The van der Waals surface area contributed by atoms with Crippen molar-refractivity contribution >= 4 is 16.8 Å². The van der Waals surface area contributed by atoms with Crippen LogP contribution in [0.5, 0.6) is 0 Å². The van der Waals surface area contributed by atoms with Crippen LogP contribution >= 0.6 is 0 Å². The summed E-state index contributed by atoms with van der Waals surface area (Å²) in [7, 11) is 0. The van der Waals surface area contributed by atoms with E-state index < -0.39 is 0 Å². The molecule has 6 nitrogen and oxygen atoms in total. The van der Waals surface area contributed by atoms with E-state index in [4.69, 9.17) is 0 Å². The Hall–Kier alpha value is -2.63. The van der Waals surface area contributed by atoms with Gasteiger partial charge in [-0.3, -0.25) is 4.79 Å². The van der Waals surface area contributed by atoms with Crippen LogP contribution in [0.25, 0.3) is 10.9 Å². The maximum Gasteiger partial charge on any atom is 0.224 e. The Morgan fingerprint density at radius 1 is 1.36 bits per heavy atom. The zero-order valence-corrected chi connectivity index (χ0v) is 14.6. The molecule has 4 rings (SSSR count). The second-order valence-corrected chi connectivity index (χ2v) is 7.08. The van der Waals surface area contributed by atoms with E-state index in [0.717, 1.165) is 47.5 Å². The summed E-state index contributed by atoms with van der Waals surface area (Å²) in [4.78, 5) is 15.8. The van der Waals surface area contributed by atoms with E-state index in [2.05, 4.69) is 38.9 Å². The number of amides is 1. The van der Waals surface area contributed by atoms with Crippen molar-refractivity contribution in [3.05, 3.63) is 47.7 Å². The van der Waals surface area contributed by atoms with Crippen LogP contribution in [0.15, 0.2) is 30.5 Å². The molecule has 2 N–H and O–H groups in total. The molecule has 0 unspecified atom stereocenters. The Bertz CT molecular complexity index is 908. The van der Waals surface area contributed by atoms with Crippen LogP contribution in [0.3, 0.4) is 0 Å². The molecule has 2 aromatic heterocycles. The summed E-state index contributed by atoms with van der Waals surface area (Å²) in [5.74, 6) is 2.44. The van der Waals surface area contributed by atoms with Crippen LogP contribution < -0.4 is 5.32 Å². The van der Waals surface area contributed by atoms with Crippen molar-refractivity contribution in [1.29, 1.82) is 0 Å². The molecule has 0 bridgehead atoms. The van der Waals surface area contributed by atoms with Gasteiger partial charge in [-0.15, -0.1) is 10.2 Å². The number of aromatic amines is 1. The molecule has 0 saturated carbocycles. The van der Waals surface area contributed by atoms with Gasteiger partial charge in [-0.2, -0.15) is 0 Å². The molecular formula is C19H23N5O. The third-order valence-electron chi connectivity index (χ3n) is 4.88. The lowest BCUT2D eigenvalue weighted by Crippen LogP contribution is -2.42. The molecule has 1 atom stereocenters. The molecule has 0 aliphatic carbocycles. The molecule has 0 fully saturated rings. The van der Waals surface area contributed by atoms with E-state index in [-0.39, 0.29) is 11.9 Å². The number of carbonyl (C=O) groups is 1. The smallest absolute Gasteiger partial charge is 0.224 e. The van der Waals surface area contributed by atoms with E-state index in [1.165, 1.54) is 0 Å². The number of benzene rings is 1. The van der Waals surface area contributed by atoms with Crippen molar-refractivity contribution in [2.75, 3.05) is 0 Å². The summed E-state index contributed by atoms with van der Waals surface area (Å²) in [6, 6.07) is 8.21. The number of nitrogens with one attached hydrogen (secondary N) is 2. The minimum Gasteiger partial charge on any atom is -0.361 e. The van der Waals surface area contributed by atoms with Gasteiger partial charge in [0.25, 0.3) is 0 Å². The molecule has 0 radical (unpaired) electrons. The van der Waals surface area contributed by atoms with Crippen LogP contribution in [0.4, 0.5) is 0 Å². The maximum absolute atomic E-state index is 12.5. The molecule has 3 aromatic rings. The lowest BCUT2D eigenvalue weighted by atomic mass is 10.0. The summed E-state index contributed by atoms with van der Waals surface area (Å²) >= 11 is 0. The number of fused-ring (bicyclic) bond motifs is 2. The number of nitrogens with zero attached hydrogens (tertiary/aromatic N) is 3. The van der Waals surface area contributed by atoms with E-state index in [1.54, 1.807) is 0 Å². The third kappa shape index (κ3) is 3.04. The second-order valence-electron chi connectivity index (χ2n) is 7.08. The first-order chi connectivity index (χ1) is 12.1. The predicted octanol–water partition coefficient (Wildman–Crippen LogP) is 2.56. The molecule has 6 heteroatoms. The minimum absolute atomic E-state index is 0.0670. The number of H-pyrrole nitrogens is 1. The number of rotatable bonds is 4. The fourth-order valence-electron chi connectivity index (χ4n) is 3.62. The number of hydrogen-bond acceptors (Lipinski definition) is 3. The summed E-state index contributed by atoms with van der Waals surface area (Å²) in [6.07, 6.45) is 4.10.